The van der Waals surface area contributed by atoms with Gasteiger partial charge in [-0.1, -0.05) is 13.8 Å². The second kappa shape index (κ2) is 6.18. The van der Waals surface area contributed by atoms with E-state index in [-0.39, 0.29) is 17.9 Å². The molecule has 0 atom stereocenters. The molecule has 0 aromatic heterocycles. The van der Waals surface area contributed by atoms with Crippen molar-refractivity contribution in [2.45, 2.75) is 65.8 Å². The van der Waals surface area contributed by atoms with Crippen LogP contribution in [0.2, 0.25) is 0 Å². The monoisotopic (exact) mass is 239 g/mol. The molecular weight excluding hydrogens is 214 g/mol. The van der Waals surface area contributed by atoms with Gasteiger partial charge < -0.3 is 0 Å². The van der Waals surface area contributed by atoms with E-state index in [9.17, 15) is 9.59 Å². The first kappa shape index (κ1) is 14.2. The summed E-state index contributed by atoms with van der Waals surface area (Å²) >= 11 is 0. The van der Waals surface area contributed by atoms with Crippen LogP contribution in [0.5, 0.6) is 0 Å². The summed E-state index contributed by atoms with van der Waals surface area (Å²) in [5.41, 5.74) is 0. The molecule has 0 aliphatic heterocycles. The average Bonchev–Trinajstić information content (AvgIpc) is 2.18. The van der Waals surface area contributed by atoms with Gasteiger partial charge in [0.2, 0.25) is 11.8 Å². The van der Waals surface area contributed by atoms with Crippen molar-refractivity contribution in [3.63, 3.8) is 0 Å². The van der Waals surface area contributed by atoms with Crippen molar-refractivity contribution in [2.75, 3.05) is 0 Å². The van der Waals surface area contributed by atoms with Crippen LogP contribution in [0.15, 0.2) is 0 Å². The highest BCUT2D eigenvalue weighted by Crippen LogP contribution is 2.31. The minimum Gasteiger partial charge on any atom is -0.280 e. The molecule has 3 heteroatoms. The van der Waals surface area contributed by atoms with Gasteiger partial charge >= 0.3 is 0 Å². The Morgan fingerprint density at radius 2 is 1.53 bits per heavy atom. The molecule has 3 nitrogen and oxygen atoms in total. The number of carbonyl (C=O) groups excluding carboxylic acids is 2. The van der Waals surface area contributed by atoms with Gasteiger partial charge in [0.1, 0.15) is 0 Å². The highest BCUT2D eigenvalue weighted by molar-refractivity contribution is 5.93. The predicted molar refractivity (Wildman–Crippen MR) is 68.4 cm³/mol. The quantitative estimate of drug-likeness (QED) is 0.759. The standard InChI is InChI=1S/C14H25NO2/c1-10(2)9-13-5-7-14(8-6-13)15(11(3)16)12(4)17/h10,13-14H,5-9H2,1-4H3/t13-,14-. The Morgan fingerprint density at radius 3 is 1.88 bits per heavy atom. The predicted octanol–water partition coefficient (Wildman–Crippen LogP) is 2.99. The molecule has 0 aromatic rings. The number of nitrogens with zero attached hydrogens (tertiary/aromatic N) is 1. The van der Waals surface area contributed by atoms with Gasteiger partial charge in [-0.15, -0.1) is 0 Å². The Labute approximate surface area is 105 Å². The Morgan fingerprint density at radius 1 is 1.06 bits per heavy atom. The first-order chi connectivity index (χ1) is 7.91. The molecule has 1 aliphatic rings. The van der Waals surface area contributed by atoms with Crippen molar-refractivity contribution >= 4 is 11.8 Å². The molecule has 0 saturated heterocycles. The normalized spacial score (nSPS) is 24.8. The summed E-state index contributed by atoms with van der Waals surface area (Å²) in [6.45, 7) is 7.48. The fourth-order valence-electron chi connectivity index (χ4n) is 3.04. The van der Waals surface area contributed by atoms with Crippen LogP contribution in [-0.4, -0.2) is 22.8 Å². The van der Waals surface area contributed by atoms with Crippen molar-refractivity contribution in [3.05, 3.63) is 0 Å². The van der Waals surface area contributed by atoms with Gasteiger partial charge in [-0.05, 0) is 43.9 Å². The van der Waals surface area contributed by atoms with Crippen LogP contribution < -0.4 is 0 Å². The Bertz CT molecular complexity index is 264. The van der Waals surface area contributed by atoms with Gasteiger partial charge in [0, 0.05) is 19.9 Å². The highest BCUT2D eigenvalue weighted by Gasteiger charge is 2.29. The third kappa shape index (κ3) is 4.14. The second-order valence-electron chi connectivity index (χ2n) is 5.71. The van der Waals surface area contributed by atoms with Crippen molar-refractivity contribution in [2.24, 2.45) is 11.8 Å². The zero-order chi connectivity index (χ0) is 13.0. The summed E-state index contributed by atoms with van der Waals surface area (Å²) in [4.78, 5) is 24.3. The smallest absolute Gasteiger partial charge is 0.226 e. The number of carbonyl (C=O) groups is 2. The molecule has 98 valence electrons. The van der Waals surface area contributed by atoms with Crippen LogP contribution in [0.25, 0.3) is 0 Å². The number of imide groups is 1. The summed E-state index contributed by atoms with van der Waals surface area (Å²) < 4.78 is 0. The molecule has 1 rings (SSSR count). The molecule has 0 spiro atoms. The molecule has 0 unspecified atom stereocenters. The van der Waals surface area contributed by atoms with E-state index < -0.39 is 0 Å². The van der Waals surface area contributed by atoms with Gasteiger partial charge in [0.15, 0.2) is 0 Å². The van der Waals surface area contributed by atoms with E-state index in [1.165, 1.54) is 25.2 Å². The molecule has 0 bridgehead atoms. The maximum atomic E-state index is 11.4. The summed E-state index contributed by atoms with van der Waals surface area (Å²) in [5.74, 6) is 1.31. The van der Waals surface area contributed by atoms with E-state index >= 15 is 0 Å². The largest absolute Gasteiger partial charge is 0.280 e. The highest BCUT2D eigenvalue weighted by atomic mass is 16.2. The molecule has 2 amide bonds. The fourth-order valence-corrected chi connectivity index (χ4v) is 3.04. The molecule has 1 fully saturated rings. The lowest BCUT2D eigenvalue weighted by Crippen LogP contribution is -2.44. The molecule has 1 saturated carbocycles. The van der Waals surface area contributed by atoms with Crippen LogP contribution in [0.1, 0.15) is 59.8 Å². The lowest BCUT2D eigenvalue weighted by atomic mass is 9.81. The zero-order valence-corrected chi connectivity index (χ0v) is 11.5. The van der Waals surface area contributed by atoms with E-state index in [2.05, 4.69) is 13.8 Å². The van der Waals surface area contributed by atoms with Crippen molar-refractivity contribution in [1.29, 1.82) is 0 Å². The topological polar surface area (TPSA) is 37.4 Å². The number of rotatable bonds is 3. The SMILES string of the molecule is CC(=O)N(C(C)=O)[C@H]1CC[C@H](CC(C)C)CC1. The summed E-state index contributed by atoms with van der Waals surface area (Å²) in [6, 6.07) is 0.147. The van der Waals surface area contributed by atoms with Crippen LogP contribution in [0.3, 0.4) is 0 Å². The van der Waals surface area contributed by atoms with Gasteiger partial charge in [0.25, 0.3) is 0 Å². The van der Waals surface area contributed by atoms with Crippen LogP contribution in [-0.2, 0) is 9.59 Å². The van der Waals surface area contributed by atoms with Crippen molar-refractivity contribution < 1.29 is 9.59 Å². The minimum absolute atomic E-state index is 0.107. The maximum Gasteiger partial charge on any atom is 0.226 e. The summed E-state index contributed by atoms with van der Waals surface area (Å²) in [5, 5.41) is 0. The molecule has 0 radical (unpaired) electrons. The van der Waals surface area contributed by atoms with Gasteiger partial charge in [0.05, 0.1) is 0 Å². The van der Waals surface area contributed by atoms with Gasteiger partial charge in [-0.3, -0.25) is 14.5 Å². The van der Waals surface area contributed by atoms with Crippen molar-refractivity contribution in [1.82, 2.24) is 4.90 Å². The first-order valence-electron chi connectivity index (χ1n) is 6.72. The molecular formula is C14H25NO2. The third-order valence-electron chi connectivity index (χ3n) is 3.66. The summed E-state index contributed by atoms with van der Waals surface area (Å²) in [7, 11) is 0. The number of hydrogen-bond donors (Lipinski definition) is 0. The van der Waals surface area contributed by atoms with E-state index in [1.54, 1.807) is 0 Å². The Hall–Kier alpha value is -0.860. The third-order valence-corrected chi connectivity index (χ3v) is 3.66. The van der Waals surface area contributed by atoms with Gasteiger partial charge in [-0.25, -0.2) is 0 Å². The number of hydrogen-bond acceptors (Lipinski definition) is 2. The lowest BCUT2D eigenvalue weighted by Gasteiger charge is -2.35. The summed E-state index contributed by atoms with van der Waals surface area (Å²) in [6.07, 6.45) is 5.54. The minimum atomic E-state index is -0.107. The molecule has 0 N–H and O–H groups in total. The van der Waals surface area contributed by atoms with E-state index in [0.29, 0.717) is 0 Å². The Kier molecular flexibility index (Phi) is 5.16. The molecule has 0 aromatic carbocycles. The molecule has 1 aliphatic carbocycles. The van der Waals surface area contributed by atoms with Crippen LogP contribution in [0.4, 0.5) is 0 Å². The fraction of sp³-hybridized carbons (Fsp3) is 0.857. The van der Waals surface area contributed by atoms with Crippen molar-refractivity contribution in [3.8, 4) is 0 Å². The zero-order valence-electron chi connectivity index (χ0n) is 11.5. The van der Waals surface area contributed by atoms with E-state index in [1.807, 2.05) is 0 Å². The first-order valence-corrected chi connectivity index (χ1v) is 6.72. The molecule has 0 heterocycles. The number of amides is 2. The van der Waals surface area contributed by atoms with Crippen LogP contribution >= 0.6 is 0 Å². The maximum absolute atomic E-state index is 11.4. The van der Waals surface area contributed by atoms with Gasteiger partial charge in [-0.2, -0.15) is 0 Å². The van der Waals surface area contributed by atoms with E-state index in [0.717, 1.165) is 37.5 Å². The Balaban J connectivity index is 2.50. The lowest BCUT2D eigenvalue weighted by molar-refractivity contribution is -0.145. The van der Waals surface area contributed by atoms with E-state index in [4.69, 9.17) is 0 Å². The second-order valence-corrected chi connectivity index (χ2v) is 5.71. The van der Waals surface area contributed by atoms with Crippen LogP contribution in [0, 0.1) is 11.8 Å². The average molecular weight is 239 g/mol. The molecule has 17 heavy (non-hydrogen) atoms.